The highest BCUT2D eigenvalue weighted by atomic mass is 35.5. The number of anilines is 1. The molecule has 7 heteroatoms. The van der Waals surface area contributed by atoms with Gasteiger partial charge in [0, 0.05) is 11.6 Å². The smallest absolute Gasteiger partial charge is 0.244 e. The molecule has 0 amide bonds. The fourth-order valence-electron chi connectivity index (χ4n) is 2.91. The second kappa shape index (κ2) is 5.61. The van der Waals surface area contributed by atoms with E-state index in [4.69, 9.17) is 28.9 Å². The minimum absolute atomic E-state index is 0.0573. The summed E-state index contributed by atoms with van der Waals surface area (Å²) in [6.45, 7) is 0.468. The van der Waals surface area contributed by atoms with Crippen molar-refractivity contribution in [3.63, 3.8) is 0 Å². The van der Waals surface area contributed by atoms with Gasteiger partial charge < -0.3 is 5.73 Å². The minimum atomic E-state index is -3.71. The molecular formula is C14H18Cl2N2O2S. The van der Waals surface area contributed by atoms with Gasteiger partial charge in [0.05, 0.1) is 10.7 Å². The first-order valence-electron chi connectivity index (χ1n) is 7.12. The number of nitrogen functional groups attached to an aromatic ring is 1. The van der Waals surface area contributed by atoms with Crippen LogP contribution in [0.2, 0.25) is 10.0 Å². The van der Waals surface area contributed by atoms with Crippen LogP contribution < -0.4 is 10.5 Å². The Bertz CT molecular complexity index is 620. The van der Waals surface area contributed by atoms with Gasteiger partial charge in [-0.1, -0.05) is 23.2 Å². The lowest BCUT2D eigenvalue weighted by Gasteiger charge is -2.17. The number of sulfonamides is 1. The van der Waals surface area contributed by atoms with Gasteiger partial charge in [0.15, 0.2) is 0 Å². The predicted molar refractivity (Wildman–Crippen MR) is 85.0 cm³/mol. The van der Waals surface area contributed by atoms with Gasteiger partial charge in [-0.3, -0.25) is 0 Å². The van der Waals surface area contributed by atoms with Crippen LogP contribution in [0.1, 0.15) is 25.7 Å². The van der Waals surface area contributed by atoms with Crippen molar-refractivity contribution in [3.8, 4) is 0 Å². The van der Waals surface area contributed by atoms with E-state index in [0.29, 0.717) is 29.3 Å². The molecule has 0 bridgehead atoms. The molecule has 2 aliphatic rings. The molecule has 0 aromatic heterocycles. The fourth-order valence-corrected chi connectivity index (χ4v) is 4.96. The van der Waals surface area contributed by atoms with Crippen molar-refractivity contribution in [2.45, 2.75) is 30.6 Å². The van der Waals surface area contributed by atoms with Crippen LogP contribution in [0.25, 0.3) is 0 Å². The Morgan fingerprint density at radius 3 is 2.24 bits per heavy atom. The standard InChI is InChI=1S/C14H18Cl2N2O2S/c15-10-5-12(16)14(13(17)6-10)21(19,20)18-7-11(8-1-2-8)9-3-4-9/h5-6,8-9,11,18H,1-4,7,17H2. The third-order valence-electron chi connectivity index (χ3n) is 4.27. The average Bonchev–Trinajstić information content (AvgIpc) is 3.22. The third-order valence-corrected chi connectivity index (χ3v) is 6.44. The highest BCUT2D eigenvalue weighted by Crippen LogP contribution is 2.49. The lowest BCUT2D eigenvalue weighted by molar-refractivity contribution is 0.401. The molecule has 0 heterocycles. The zero-order chi connectivity index (χ0) is 15.2. The van der Waals surface area contributed by atoms with Crippen LogP contribution >= 0.6 is 23.2 Å². The van der Waals surface area contributed by atoms with Gasteiger partial charge in [-0.25, -0.2) is 13.1 Å². The molecule has 0 radical (unpaired) electrons. The van der Waals surface area contributed by atoms with E-state index in [1.54, 1.807) is 0 Å². The summed E-state index contributed by atoms with van der Waals surface area (Å²) in [5.41, 5.74) is 5.85. The number of benzene rings is 1. The van der Waals surface area contributed by atoms with E-state index < -0.39 is 10.0 Å². The monoisotopic (exact) mass is 348 g/mol. The number of rotatable bonds is 6. The second-order valence-electron chi connectivity index (χ2n) is 6.00. The van der Waals surface area contributed by atoms with Crippen LogP contribution in [0.5, 0.6) is 0 Å². The number of nitrogens with one attached hydrogen (secondary N) is 1. The topological polar surface area (TPSA) is 72.2 Å². The summed E-state index contributed by atoms with van der Waals surface area (Å²) in [4.78, 5) is -0.0705. The zero-order valence-corrected chi connectivity index (χ0v) is 13.8. The molecule has 3 rings (SSSR count). The van der Waals surface area contributed by atoms with Crippen LogP contribution in [0.4, 0.5) is 5.69 Å². The van der Waals surface area contributed by atoms with E-state index in [1.165, 1.54) is 37.8 Å². The number of nitrogens with two attached hydrogens (primary N) is 1. The van der Waals surface area contributed by atoms with Crippen molar-refractivity contribution in [2.75, 3.05) is 12.3 Å². The van der Waals surface area contributed by atoms with E-state index in [1.807, 2.05) is 0 Å². The summed E-state index contributed by atoms with van der Waals surface area (Å²) < 4.78 is 27.6. The van der Waals surface area contributed by atoms with Crippen LogP contribution in [0.15, 0.2) is 17.0 Å². The number of halogens is 2. The maximum atomic E-state index is 12.5. The van der Waals surface area contributed by atoms with Crippen LogP contribution in [0.3, 0.4) is 0 Å². The molecule has 2 saturated carbocycles. The van der Waals surface area contributed by atoms with Crippen LogP contribution in [-0.4, -0.2) is 15.0 Å². The normalized spacial score (nSPS) is 19.2. The van der Waals surface area contributed by atoms with Crippen molar-refractivity contribution in [3.05, 3.63) is 22.2 Å². The van der Waals surface area contributed by atoms with Gasteiger partial charge in [-0.05, 0) is 55.6 Å². The van der Waals surface area contributed by atoms with Crippen LogP contribution in [0, 0.1) is 17.8 Å². The van der Waals surface area contributed by atoms with Gasteiger partial charge in [-0.2, -0.15) is 0 Å². The molecule has 1 aromatic carbocycles. The van der Waals surface area contributed by atoms with Crippen molar-refractivity contribution in [2.24, 2.45) is 17.8 Å². The SMILES string of the molecule is Nc1cc(Cl)cc(Cl)c1S(=O)(=O)NCC(C1CC1)C1CC1. The summed E-state index contributed by atoms with van der Waals surface area (Å²) in [6, 6.07) is 2.80. The summed E-state index contributed by atoms with van der Waals surface area (Å²) in [5, 5.41) is 0.382. The maximum Gasteiger partial charge on any atom is 0.244 e. The molecule has 1 aromatic rings. The van der Waals surface area contributed by atoms with E-state index in [-0.39, 0.29) is 15.6 Å². The van der Waals surface area contributed by atoms with Crippen LogP contribution in [-0.2, 0) is 10.0 Å². The molecule has 3 N–H and O–H groups in total. The molecule has 0 saturated heterocycles. The molecule has 0 aliphatic heterocycles. The van der Waals surface area contributed by atoms with Gasteiger partial charge in [0.1, 0.15) is 4.90 Å². The summed E-state index contributed by atoms with van der Waals surface area (Å²) in [5.74, 6) is 1.81. The molecule has 2 fully saturated rings. The molecule has 21 heavy (non-hydrogen) atoms. The minimum Gasteiger partial charge on any atom is -0.398 e. The maximum absolute atomic E-state index is 12.5. The summed E-state index contributed by atoms with van der Waals surface area (Å²) in [6.07, 6.45) is 4.86. The molecule has 2 aliphatic carbocycles. The molecule has 0 spiro atoms. The third kappa shape index (κ3) is 3.47. The average molecular weight is 349 g/mol. The highest BCUT2D eigenvalue weighted by Gasteiger charge is 2.41. The van der Waals surface area contributed by atoms with E-state index >= 15 is 0 Å². The molecule has 116 valence electrons. The molecule has 4 nitrogen and oxygen atoms in total. The summed E-state index contributed by atoms with van der Waals surface area (Å²) >= 11 is 11.8. The first-order valence-corrected chi connectivity index (χ1v) is 9.36. The van der Waals surface area contributed by atoms with E-state index in [9.17, 15) is 8.42 Å². The van der Waals surface area contributed by atoms with Gasteiger partial charge in [0.25, 0.3) is 0 Å². The molecular weight excluding hydrogens is 331 g/mol. The van der Waals surface area contributed by atoms with Crippen molar-refractivity contribution < 1.29 is 8.42 Å². The Hall–Kier alpha value is -0.490. The predicted octanol–water partition coefficient (Wildman–Crippen LogP) is 3.29. The van der Waals surface area contributed by atoms with E-state index in [2.05, 4.69) is 4.72 Å². The Morgan fingerprint density at radius 1 is 1.19 bits per heavy atom. The Labute approximate surface area is 135 Å². The quantitative estimate of drug-likeness (QED) is 0.774. The van der Waals surface area contributed by atoms with Gasteiger partial charge >= 0.3 is 0 Å². The Kier molecular flexibility index (Phi) is 4.12. The fraction of sp³-hybridized carbons (Fsp3) is 0.571. The highest BCUT2D eigenvalue weighted by molar-refractivity contribution is 7.89. The van der Waals surface area contributed by atoms with E-state index in [0.717, 1.165) is 0 Å². The Balaban J connectivity index is 1.77. The first kappa shape index (κ1) is 15.4. The second-order valence-corrected chi connectivity index (χ2v) is 8.54. The van der Waals surface area contributed by atoms with Crippen molar-refractivity contribution in [1.29, 1.82) is 0 Å². The largest absolute Gasteiger partial charge is 0.398 e. The van der Waals surface area contributed by atoms with Gasteiger partial charge in [-0.15, -0.1) is 0 Å². The first-order chi connectivity index (χ1) is 9.88. The lowest BCUT2D eigenvalue weighted by atomic mass is 9.99. The molecule has 0 unspecified atom stereocenters. The lowest BCUT2D eigenvalue weighted by Crippen LogP contribution is -2.31. The summed E-state index contributed by atoms with van der Waals surface area (Å²) in [7, 11) is -3.71. The Morgan fingerprint density at radius 2 is 1.76 bits per heavy atom. The zero-order valence-electron chi connectivity index (χ0n) is 11.5. The van der Waals surface area contributed by atoms with Gasteiger partial charge in [0.2, 0.25) is 10.0 Å². The van der Waals surface area contributed by atoms with Crippen molar-refractivity contribution >= 4 is 38.9 Å². The molecule has 0 atom stereocenters. The van der Waals surface area contributed by atoms with Crippen molar-refractivity contribution in [1.82, 2.24) is 4.72 Å². The number of hydrogen-bond donors (Lipinski definition) is 2. The number of hydrogen-bond acceptors (Lipinski definition) is 3.